The van der Waals surface area contributed by atoms with Gasteiger partial charge in [0, 0.05) is 6.42 Å². The fourth-order valence-corrected chi connectivity index (χ4v) is 7.92. The lowest BCUT2D eigenvalue weighted by Crippen LogP contribution is -2.60. The summed E-state index contributed by atoms with van der Waals surface area (Å²) in [6, 6.07) is -0.798. The maximum atomic E-state index is 13.0. The minimum absolute atomic E-state index is 0.173. The van der Waals surface area contributed by atoms with Crippen molar-refractivity contribution in [3.8, 4) is 0 Å². The number of carbonyl (C=O) groups excluding carboxylic acids is 1. The highest BCUT2D eigenvalue weighted by Crippen LogP contribution is 2.23. The molecule has 1 aliphatic rings. The van der Waals surface area contributed by atoms with Gasteiger partial charge in [-0.05, 0) is 19.3 Å². The molecule has 57 heavy (non-hydrogen) atoms. The highest BCUT2D eigenvalue weighted by atomic mass is 16.7. The summed E-state index contributed by atoms with van der Waals surface area (Å²) < 4.78 is 11.2. The van der Waals surface area contributed by atoms with Gasteiger partial charge in [0.05, 0.1) is 25.4 Å². The highest BCUT2D eigenvalue weighted by molar-refractivity contribution is 5.76. The molecule has 7 atom stereocenters. The molecular formula is C48H93NO8. The SMILES string of the molecule is CCCCCCCCCCCCC/C=C/[C@@H](O)[C@H](CO[C@H]1O[C@@H](CO)[C@H](O)C(O)C1O)NC(=O)CCCCCCCCCCCCCCCCCCCCCCC. The highest BCUT2D eigenvalue weighted by Gasteiger charge is 2.44. The van der Waals surface area contributed by atoms with E-state index in [-0.39, 0.29) is 12.5 Å². The fourth-order valence-electron chi connectivity index (χ4n) is 7.92. The van der Waals surface area contributed by atoms with Gasteiger partial charge in [-0.15, -0.1) is 0 Å². The summed E-state index contributed by atoms with van der Waals surface area (Å²) >= 11 is 0. The van der Waals surface area contributed by atoms with Crippen LogP contribution in [0, 0.1) is 0 Å². The van der Waals surface area contributed by atoms with Crippen LogP contribution < -0.4 is 5.32 Å². The topological polar surface area (TPSA) is 149 Å². The van der Waals surface area contributed by atoms with Crippen LogP contribution in [-0.4, -0.2) is 87.5 Å². The summed E-state index contributed by atoms with van der Waals surface area (Å²) in [4.78, 5) is 13.0. The number of amides is 1. The quantitative estimate of drug-likeness (QED) is 0.0264. The third kappa shape index (κ3) is 29.7. The van der Waals surface area contributed by atoms with Gasteiger partial charge in [-0.2, -0.15) is 0 Å². The van der Waals surface area contributed by atoms with Gasteiger partial charge in [0.15, 0.2) is 6.29 Å². The Kier molecular flexibility index (Phi) is 37.0. The number of hydrogen-bond acceptors (Lipinski definition) is 8. The van der Waals surface area contributed by atoms with Crippen LogP contribution in [0.15, 0.2) is 12.2 Å². The van der Waals surface area contributed by atoms with Crippen LogP contribution >= 0.6 is 0 Å². The molecule has 0 aromatic carbocycles. The summed E-state index contributed by atoms with van der Waals surface area (Å²) in [7, 11) is 0. The Balaban J connectivity index is 2.27. The molecule has 9 nitrogen and oxygen atoms in total. The first-order chi connectivity index (χ1) is 27.8. The lowest BCUT2D eigenvalue weighted by molar-refractivity contribution is -0.302. The molecule has 1 amide bonds. The lowest BCUT2D eigenvalue weighted by Gasteiger charge is -2.40. The molecule has 9 heteroatoms. The predicted octanol–water partition coefficient (Wildman–Crippen LogP) is 10.5. The molecule has 338 valence electrons. The van der Waals surface area contributed by atoms with Crippen LogP contribution in [0.3, 0.4) is 0 Å². The van der Waals surface area contributed by atoms with Crippen molar-refractivity contribution < 1.29 is 39.8 Å². The summed E-state index contributed by atoms with van der Waals surface area (Å²) in [5.41, 5.74) is 0. The number of aliphatic hydroxyl groups is 5. The fraction of sp³-hybridized carbons (Fsp3) is 0.938. The average Bonchev–Trinajstić information content (AvgIpc) is 3.21. The summed E-state index contributed by atoms with van der Waals surface area (Å²) in [5, 5.41) is 54.2. The maximum Gasteiger partial charge on any atom is 0.220 e. The molecular weight excluding hydrogens is 719 g/mol. The van der Waals surface area contributed by atoms with Gasteiger partial charge in [-0.3, -0.25) is 4.79 Å². The van der Waals surface area contributed by atoms with Crippen molar-refractivity contribution in [3.63, 3.8) is 0 Å². The molecule has 0 radical (unpaired) electrons. The van der Waals surface area contributed by atoms with Gasteiger partial charge < -0.3 is 40.3 Å². The minimum Gasteiger partial charge on any atom is -0.394 e. The number of ether oxygens (including phenoxy) is 2. The van der Waals surface area contributed by atoms with Crippen molar-refractivity contribution in [3.05, 3.63) is 12.2 Å². The lowest BCUT2D eigenvalue weighted by atomic mass is 9.99. The molecule has 0 aromatic rings. The Morgan fingerprint density at radius 1 is 0.579 bits per heavy atom. The third-order valence-electron chi connectivity index (χ3n) is 11.9. The zero-order chi connectivity index (χ0) is 41.6. The normalized spacial score (nSPS) is 21.0. The Morgan fingerprint density at radius 3 is 1.37 bits per heavy atom. The first-order valence-corrected chi connectivity index (χ1v) is 24.4. The minimum atomic E-state index is -1.56. The van der Waals surface area contributed by atoms with E-state index < -0.39 is 49.5 Å². The van der Waals surface area contributed by atoms with E-state index in [1.807, 2.05) is 6.08 Å². The molecule has 0 saturated carbocycles. The van der Waals surface area contributed by atoms with Crippen LogP contribution in [0.4, 0.5) is 0 Å². The molecule has 6 N–H and O–H groups in total. The van der Waals surface area contributed by atoms with E-state index in [0.29, 0.717) is 6.42 Å². The summed E-state index contributed by atoms with van der Waals surface area (Å²) in [5.74, 6) is -0.173. The van der Waals surface area contributed by atoms with Crippen molar-refractivity contribution in [2.24, 2.45) is 0 Å². The van der Waals surface area contributed by atoms with E-state index in [0.717, 1.165) is 38.5 Å². The zero-order valence-electron chi connectivity index (χ0n) is 37.1. The molecule has 1 aliphatic heterocycles. The molecule has 0 spiro atoms. The monoisotopic (exact) mass is 812 g/mol. The Hall–Kier alpha value is -1.07. The largest absolute Gasteiger partial charge is 0.394 e. The van der Waals surface area contributed by atoms with Gasteiger partial charge >= 0.3 is 0 Å². The van der Waals surface area contributed by atoms with Gasteiger partial charge in [0.25, 0.3) is 0 Å². The standard InChI is InChI=1S/C48H93NO8/c1-3-5-7-9-11-13-15-17-18-19-20-21-22-23-24-26-28-30-32-34-36-38-44(52)49-41(40-56-48-47(55)46(54)45(53)43(39-50)57-48)42(51)37-35-33-31-29-27-25-16-14-12-10-8-6-4-2/h35,37,41-43,45-48,50-51,53-55H,3-34,36,38-40H2,1-2H3,(H,49,52)/b37-35+/t41-,42+,43-,45-,46?,47?,48-/m0/s1. The van der Waals surface area contributed by atoms with Crippen molar-refractivity contribution in [2.45, 2.75) is 275 Å². The van der Waals surface area contributed by atoms with E-state index in [1.165, 1.54) is 173 Å². The predicted molar refractivity (Wildman–Crippen MR) is 235 cm³/mol. The molecule has 1 rings (SSSR count). The van der Waals surface area contributed by atoms with E-state index in [4.69, 9.17) is 9.47 Å². The van der Waals surface area contributed by atoms with Crippen molar-refractivity contribution >= 4 is 5.91 Å². The number of carbonyl (C=O) groups is 1. The van der Waals surface area contributed by atoms with E-state index in [2.05, 4.69) is 19.2 Å². The Labute approximate surface area is 350 Å². The van der Waals surface area contributed by atoms with Crippen molar-refractivity contribution in [2.75, 3.05) is 13.2 Å². The third-order valence-corrected chi connectivity index (χ3v) is 11.9. The van der Waals surface area contributed by atoms with Gasteiger partial charge in [-0.25, -0.2) is 0 Å². The number of rotatable bonds is 41. The van der Waals surface area contributed by atoms with Gasteiger partial charge in [0.1, 0.15) is 24.4 Å². The number of aliphatic hydroxyl groups excluding tert-OH is 5. The molecule has 2 unspecified atom stereocenters. The summed E-state index contributed by atoms with van der Waals surface area (Å²) in [6.07, 6.45) is 38.3. The second kappa shape index (κ2) is 39.1. The molecule has 1 fully saturated rings. The van der Waals surface area contributed by atoms with Crippen LogP contribution in [0.5, 0.6) is 0 Å². The van der Waals surface area contributed by atoms with Crippen molar-refractivity contribution in [1.29, 1.82) is 0 Å². The first-order valence-electron chi connectivity index (χ1n) is 24.4. The van der Waals surface area contributed by atoms with Crippen LogP contribution in [-0.2, 0) is 14.3 Å². The zero-order valence-corrected chi connectivity index (χ0v) is 37.1. The van der Waals surface area contributed by atoms with E-state index in [1.54, 1.807) is 6.08 Å². The van der Waals surface area contributed by atoms with E-state index >= 15 is 0 Å². The second-order valence-corrected chi connectivity index (χ2v) is 17.3. The van der Waals surface area contributed by atoms with Crippen LogP contribution in [0.2, 0.25) is 0 Å². The number of unbranched alkanes of at least 4 members (excludes halogenated alkanes) is 31. The van der Waals surface area contributed by atoms with Crippen LogP contribution in [0.1, 0.15) is 232 Å². The molecule has 1 saturated heterocycles. The van der Waals surface area contributed by atoms with Crippen LogP contribution in [0.25, 0.3) is 0 Å². The molecule has 0 aromatic heterocycles. The smallest absolute Gasteiger partial charge is 0.220 e. The second-order valence-electron chi connectivity index (χ2n) is 17.3. The average molecular weight is 812 g/mol. The number of allylic oxidation sites excluding steroid dienone is 1. The van der Waals surface area contributed by atoms with Gasteiger partial charge in [-0.1, -0.05) is 219 Å². The van der Waals surface area contributed by atoms with Crippen molar-refractivity contribution in [1.82, 2.24) is 5.32 Å². The first kappa shape index (κ1) is 53.9. The molecule has 1 heterocycles. The molecule has 0 bridgehead atoms. The maximum absolute atomic E-state index is 13.0. The number of hydrogen-bond donors (Lipinski definition) is 6. The van der Waals surface area contributed by atoms with Gasteiger partial charge in [0.2, 0.25) is 5.91 Å². The Bertz CT molecular complexity index is 904. The Morgan fingerprint density at radius 2 is 0.965 bits per heavy atom. The molecule has 0 aliphatic carbocycles. The number of nitrogens with one attached hydrogen (secondary N) is 1. The van der Waals surface area contributed by atoms with E-state index in [9.17, 15) is 30.3 Å². The summed E-state index contributed by atoms with van der Waals surface area (Å²) in [6.45, 7) is 3.79.